The van der Waals surface area contributed by atoms with Crippen molar-refractivity contribution >= 4 is 28.1 Å². The van der Waals surface area contributed by atoms with Crippen molar-refractivity contribution in [1.29, 1.82) is 0 Å². The molecule has 0 saturated heterocycles. The molecule has 0 atom stereocenters. The van der Waals surface area contributed by atoms with Gasteiger partial charge in [-0.15, -0.1) is 0 Å². The number of rotatable bonds is 6. The molecule has 0 saturated carbocycles. The Morgan fingerprint density at radius 1 is 1.17 bits per heavy atom. The van der Waals surface area contributed by atoms with Gasteiger partial charge in [-0.05, 0) is 29.8 Å². The van der Waals surface area contributed by atoms with Gasteiger partial charge in [0.2, 0.25) is 5.91 Å². The van der Waals surface area contributed by atoms with E-state index in [-0.39, 0.29) is 12.3 Å². The Bertz CT molecular complexity index is 699. The van der Waals surface area contributed by atoms with E-state index in [0.29, 0.717) is 11.5 Å². The standard InChI is InChI=1S/C17H17BrN2O3/c1-22-15-5-3-4-13(17(15)23-2)11-19-20-16(21)10-12-6-8-14(18)9-7-12/h3-9,11H,10H2,1-2H3,(H,20,21)/b19-11+. The molecule has 6 heteroatoms. The second kappa shape index (κ2) is 8.33. The zero-order chi connectivity index (χ0) is 16.7. The minimum atomic E-state index is -0.189. The van der Waals surface area contributed by atoms with Crippen LogP contribution in [0, 0.1) is 0 Å². The van der Waals surface area contributed by atoms with Gasteiger partial charge in [-0.3, -0.25) is 4.79 Å². The molecule has 0 spiro atoms. The van der Waals surface area contributed by atoms with Crippen LogP contribution >= 0.6 is 15.9 Å². The van der Waals surface area contributed by atoms with Crippen molar-refractivity contribution < 1.29 is 14.3 Å². The van der Waals surface area contributed by atoms with Crippen molar-refractivity contribution in [2.24, 2.45) is 5.10 Å². The van der Waals surface area contributed by atoms with Gasteiger partial charge in [0.1, 0.15) is 0 Å². The third-order valence-electron chi connectivity index (χ3n) is 3.10. The monoisotopic (exact) mass is 376 g/mol. The number of hydrogen-bond donors (Lipinski definition) is 1. The Balaban J connectivity index is 1.98. The highest BCUT2D eigenvalue weighted by Crippen LogP contribution is 2.29. The van der Waals surface area contributed by atoms with Crippen LogP contribution in [0.15, 0.2) is 52.0 Å². The quantitative estimate of drug-likeness (QED) is 0.622. The lowest BCUT2D eigenvalue weighted by Crippen LogP contribution is -2.19. The molecule has 2 aromatic carbocycles. The van der Waals surface area contributed by atoms with E-state index in [0.717, 1.165) is 15.6 Å². The van der Waals surface area contributed by atoms with E-state index in [1.54, 1.807) is 20.3 Å². The number of carbonyl (C=O) groups excluding carboxylic acids is 1. The van der Waals surface area contributed by atoms with Crippen LogP contribution in [0.4, 0.5) is 0 Å². The second-order valence-electron chi connectivity index (χ2n) is 4.68. The van der Waals surface area contributed by atoms with Crippen LogP contribution in [0.2, 0.25) is 0 Å². The van der Waals surface area contributed by atoms with Crippen molar-refractivity contribution in [1.82, 2.24) is 5.43 Å². The maximum atomic E-state index is 11.9. The van der Waals surface area contributed by atoms with E-state index < -0.39 is 0 Å². The first-order chi connectivity index (χ1) is 11.1. The fraction of sp³-hybridized carbons (Fsp3) is 0.176. The zero-order valence-corrected chi connectivity index (χ0v) is 14.5. The van der Waals surface area contributed by atoms with Gasteiger partial charge in [-0.25, -0.2) is 5.43 Å². The third kappa shape index (κ3) is 4.82. The van der Waals surface area contributed by atoms with Crippen LogP contribution in [-0.4, -0.2) is 26.3 Å². The van der Waals surface area contributed by atoms with Gasteiger partial charge in [0.05, 0.1) is 26.9 Å². The molecule has 23 heavy (non-hydrogen) atoms. The van der Waals surface area contributed by atoms with Gasteiger partial charge in [0, 0.05) is 10.0 Å². The Morgan fingerprint density at radius 3 is 2.57 bits per heavy atom. The molecule has 0 aliphatic carbocycles. The van der Waals surface area contributed by atoms with Crippen molar-refractivity contribution in [3.8, 4) is 11.5 Å². The Hall–Kier alpha value is -2.34. The molecule has 120 valence electrons. The summed E-state index contributed by atoms with van der Waals surface area (Å²) in [6.45, 7) is 0. The first kappa shape index (κ1) is 17.0. The first-order valence-corrected chi connectivity index (χ1v) is 7.70. The fourth-order valence-corrected chi connectivity index (χ4v) is 2.28. The maximum Gasteiger partial charge on any atom is 0.244 e. The van der Waals surface area contributed by atoms with Gasteiger partial charge in [0.15, 0.2) is 11.5 Å². The molecule has 0 bridgehead atoms. The van der Waals surface area contributed by atoms with Crippen LogP contribution in [-0.2, 0) is 11.2 Å². The van der Waals surface area contributed by atoms with Gasteiger partial charge in [0.25, 0.3) is 0 Å². The molecule has 0 radical (unpaired) electrons. The number of benzene rings is 2. The first-order valence-electron chi connectivity index (χ1n) is 6.91. The summed E-state index contributed by atoms with van der Waals surface area (Å²) in [5.74, 6) is 0.990. The number of nitrogens with one attached hydrogen (secondary N) is 1. The summed E-state index contributed by atoms with van der Waals surface area (Å²) < 4.78 is 11.5. The van der Waals surface area contributed by atoms with E-state index in [4.69, 9.17) is 9.47 Å². The molecule has 0 fully saturated rings. The average molecular weight is 377 g/mol. The number of ether oxygens (including phenoxy) is 2. The van der Waals surface area contributed by atoms with Crippen LogP contribution in [0.3, 0.4) is 0 Å². The molecule has 0 unspecified atom stereocenters. The number of hydrazone groups is 1. The lowest BCUT2D eigenvalue weighted by atomic mass is 10.1. The largest absolute Gasteiger partial charge is 0.493 e. The van der Waals surface area contributed by atoms with Crippen LogP contribution in [0.5, 0.6) is 11.5 Å². The Labute approximate surface area is 143 Å². The molecule has 1 N–H and O–H groups in total. The summed E-state index contributed by atoms with van der Waals surface area (Å²) in [6.07, 6.45) is 1.79. The Kier molecular flexibility index (Phi) is 6.17. The molecule has 0 aliphatic heterocycles. The average Bonchev–Trinajstić information content (AvgIpc) is 2.56. The molecule has 5 nitrogen and oxygen atoms in total. The highest BCUT2D eigenvalue weighted by molar-refractivity contribution is 9.10. The van der Waals surface area contributed by atoms with Gasteiger partial charge < -0.3 is 9.47 Å². The van der Waals surface area contributed by atoms with E-state index in [2.05, 4.69) is 26.5 Å². The normalized spacial score (nSPS) is 10.6. The van der Waals surface area contributed by atoms with Crippen molar-refractivity contribution in [2.45, 2.75) is 6.42 Å². The molecule has 2 rings (SSSR count). The highest BCUT2D eigenvalue weighted by atomic mass is 79.9. The number of hydrogen-bond acceptors (Lipinski definition) is 4. The summed E-state index contributed by atoms with van der Waals surface area (Å²) in [7, 11) is 3.13. The molecular formula is C17H17BrN2O3. The summed E-state index contributed by atoms with van der Waals surface area (Å²) in [5, 5.41) is 3.97. The summed E-state index contributed by atoms with van der Waals surface area (Å²) in [5.41, 5.74) is 4.14. The molecule has 0 aromatic heterocycles. The SMILES string of the molecule is COc1cccc(/C=N/NC(=O)Cc2ccc(Br)cc2)c1OC. The van der Waals surface area contributed by atoms with Crippen LogP contribution in [0.25, 0.3) is 0 Å². The summed E-state index contributed by atoms with van der Waals surface area (Å²) in [4.78, 5) is 11.9. The molecule has 0 heterocycles. The lowest BCUT2D eigenvalue weighted by molar-refractivity contribution is -0.120. The predicted molar refractivity (Wildman–Crippen MR) is 93.1 cm³/mol. The van der Waals surface area contributed by atoms with Crippen molar-refractivity contribution in [3.63, 3.8) is 0 Å². The lowest BCUT2D eigenvalue weighted by Gasteiger charge is -2.09. The third-order valence-corrected chi connectivity index (χ3v) is 3.63. The summed E-state index contributed by atoms with van der Waals surface area (Å²) in [6, 6.07) is 13.0. The number of amides is 1. The van der Waals surface area contributed by atoms with Gasteiger partial charge in [-0.2, -0.15) is 5.10 Å². The molecule has 2 aromatic rings. The highest BCUT2D eigenvalue weighted by Gasteiger charge is 2.07. The number of methoxy groups -OCH3 is 2. The van der Waals surface area contributed by atoms with E-state index in [1.807, 2.05) is 36.4 Å². The summed E-state index contributed by atoms with van der Waals surface area (Å²) >= 11 is 3.36. The van der Waals surface area contributed by atoms with Crippen molar-refractivity contribution in [3.05, 3.63) is 58.1 Å². The fourth-order valence-electron chi connectivity index (χ4n) is 2.01. The molecule has 1 amide bonds. The Morgan fingerprint density at radius 2 is 1.91 bits per heavy atom. The molecule has 0 aliphatic rings. The minimum absolute atomic E-state index is 0.189. The van der Waals surface area contributed by atoms with Crippen LogP contribution < -0.4 is 14.9 Å². The molecular weight excluding hydrogens is 360 g/mol. The number of halogens is 1. The second-order valence-corrected chi connectivity index (χ2v) is 5.59. The maximum absolute atomic E-state index is 11.9. The van der Waals surface area contributed by atoms with Crippen molar-refractivity contribution in [2.75, 3.05) is 14.2 Å². The smallest absolute Gasteiger partial charge is 0.244 e. The van der Waals surface area contributed by atoms with Crippen LogP contribution in [0.1, 0.15) is 11.1 Å². The predicted octanol–water partition coefficient (Wildman–Crippen LogP) is 3.16. The van der Waals surface area contributed by atoms with E-state index in [9.17, 15) is 4.79 Å². The number of carbonyl (C=O) groups is 1. The van der Waals surface area contributed by atoms with Gasteiger partial charge in [-0.1, -0.05) is 34.1 Å². The topological polar surface area (TPSA) is 59.9 Å². The number of nitrogens with zero attached hydrogens (tertiary/aromatic N) is 1. The van der Waals surface area contributed by atoms with E-state index >= 15 is 0 Å². The minimum Gasteiger partial charge on any atom is -0.493 e. The van der Waals surface area contributed by atoms with E-state index in [1.165, 1.54) is 6.21 Å². The zero-order valence-electron chi connectivity index (χ0n) is 12.9. The number of para-hydroxylation sites is 1. The van der Waals surface area contributed by atoms with Gasteiger partial charge >= 0.3 is 0 Å².